The summed E-state index contributed by atoms with van der Waals surface area (Å²) in [5.41, 5.74) is 0.872. The lowest BCUT2D eigenvalue weighted by Gasteiger charge is -2.05. The van der Waals surface area contributed by atoms with E-state index in [1.54, 1.807) is 24.3 Å². The van der Waals surface area contributed by atoms with Gasteiger partial charge in [0, 0.05) is 0 Å². The van der Waals surface area contributed by atoms with E-state index in [9.17, 15) is 9.59 Å². The maximum absolute atomic E-state index is 11.5. The molecule has 0 saturated carbocycles. The molecule has 0 spiro atoms. The van der Waals surface area contributed by atoms with Crippen LogP contribution in [0.1, 0.15) is 12.0 Å². The summed E-state index contributed by atoms with van der Waals surface area (Å²) in [5.74, 6) is -0.822. The third-order valence-electron chi connectivity index (χ3n) is 2.51. The molecule has 0 heterocycles. The second-order valence-electron chi connectivity index (χ2n) is 4.11. The fourth-order valence-electron chi connectivity index (χ4n) is 1.56. The molecule has 2 rings (SSSR count). The fourth-order valence-corrected chi connectivity index (χ4v) is 1.56. The highest BCUT2D eigenvalue weighted by Gasteiger charge is 2.13. The molecule has 0 aliphatic rings. The van der Waals surface area contributed by atoms with Gasteiger partial charge in [-0.3, -0.25) is 9.59 Å². The van der Waals surface area contributed by atoms with Crippen molar-refractivity contribution in [2.45, 2.75) is 13.0 Å². The Labute approximate surface area is 116 Å². The second-order valence-corrected chi connectivity index (χ2v) is 4.11. The first-order valence-electron chi connectivity index (χ1n) is 6.19. The van der Waals surface area contributed by atoms with Crippen molar-refractivity contribution in [3.05, 3.63) is 66.2 Å². The molecular formula is C16H14O4. The minimum absolute atomic E-state index is 0.151. The third-order valence-corrected chi connectivity index (χ3v) is 2.51. The molecule has 2 aromatic carbocycles. The molecule has 0 amide bonds. The highest BCUT2D eigenvalue weighted by atomic mass is 16.6. The standard InChI is InChI=1S/C16H14O4/c17-15(19-12-13-7-3-1-4-8-13)11-16(18)20-14-9-5-2-6-10-14/h1-10H,11-12H2. The van der Waals surface area contributed by atoms with Crippen LogP contribution in [0.5, 0.6) is 5.75 Å². The van der Waals surface area contributed by atoms with Crippen LogP contribution >= 0.6 is 0 Å². The number of carbonyl (C=O) groups excluding carboxylic acids is 2. The van der Waals surface area contributed by atoms with Gasteiger partial charge in [-0.25, -0.2) is 0 Å². The molecule has 0 aromatic heterocycles. The first-order chi connectivity index (χ1) is 9.74. The summed E-state index contributed by atoms with van der Waals surface area (Å²) in [6, 6.07) is 17.9. The molecule has 4 nitrogen and oxygen atoms in total. The Hall–Kier alpha value is -2.62. The molecule has 4 heteroatoms. The Kier molecular flexibility index (Phi) is 4.89. The van der Waals surface area contributed by atoms with Gasteiger partial charge in [-0.1, -0.05) is 48.5 Å². The van der Waals surface area contributed by atoms with Crippen molar-refractivity contribution in [3.8, 4) is 5.75 Å². The minimum Gasteiger partial charge on any atom is -0.460 e. The van der Waals surface area contributed by atoms with Crippen molar-refractivity contribution in [2.24, 2.45) is 0 Å². The quantitative estimate of drug-likeness (QED) is 0.476. The minimum atomic E-state index is -0.630. The van der Waals surface area contributed by atoms with Crippen LogP contribution in [0.15, 0.2) is 60.7 Å². The molecule has 2 aromatic rings. The van der Waals surface area contributed by atoms with E-state index in [1.807, 2.05) is 36.4 Å². The van der Waals surface area contributed by atoms with Gasteiger partial charge in [0.1, 0.15) is 18.8 Å². The Morgan fingerprint density at radius 1 is 0.800 bits per heavy atom. The van der Waals surface area contributed by atoms with Crippen LogP contribution < -0.4 is 4.74 Å². The zero-order valence-corrected chi connectivity index (χ0v) is 10.8. The SMILES string of the molecule is O=C(CC(=O)Oc1ccccc1)OCc1ccccc1. The Balaban J connectivity index is 1.75. The summed E-state index contributed by atoms with van der Waals surface area (Å²) >= 11 is 0. The molecule has 0 atom stereocenters. The van der Waals surface area contributed by atoms with Crippen LogP contribution in [0.2, 0.25) is 0 Å². The van der Waals surface area contributed by atoms with Gasteiger partial charge in [-0.2, -0.15) is 0 Å². The van der Waals surface area contributed by atoms with E-state index < -0.39 is 18.4 Å². The number of carbonyl (C=O) groups is 2. The highest BCUT2D eigenvalue weighted by Crippen LogP contribution is 2.09. The highest BCUT2D eigenvalue weighted by molar-refractivity contribution is 5.92. The lowest BCUT2D eigenvalue weighted by atomic mass is 10.2. The Morgan fingerprint density at radius 2 is 1.40 bits per heavy atom. The molecule has 0 radical (unpaired) electrons. The van der Waals surface area contributed by atoms with E-state index in [4.69, 9.17) is 9.47 Å². The van der Waals surface area contributed by atoms with Gasteiger partial charge < -0.3 is 9.47 Å². The summed E-state index contributed by atoms with van der Waals surface area (Å²) < 4.78 is 9.99. The smallest absolute Gasteiger partial charge is 0.322 e. The van der Waals surface area contributed by atoms with Crippen molar-refractivity contribution in [1.29, 1.82) is 0 Å². The molecule has 0 fully saturated rings. The number of para-hydroxylation sites is 1. The summed E-state index contributed by atoms with van der Waals surface area (Å²) in [7, 11) is 0. The molecule has 0 saturated heterocycles. The predicted octanol–water partition coefficient (Wildman–Crippen LogP) is 2.73. The molecule has 0 bridgehead atoms. The van der Waals surface area contributed by atoms with E-state index in [0.717, 1.165) is 5.56 Å². The number of ether oxygens (including phenoxy) is 2. The summed E-state index contributed by atoms with van der Waals surface area (Å²) in [6.07, 6.45) is -0.401. The van der Waals surface area contributed by atoms with E-state index in [-0.39, 0.29) is 6.61 Å². The molecule has 0 N–H and O–H groups in total. The molecular weight excluding hydrogens is 256 g/mol. The van der Waals surface area contributed by atoms with Gasteiger partial charge in [0.05, 0.1) is 0 Å². The van der Waals surface area contributed by atoms with E-state index in [0.29, 0.717) is 5.75 Å². The van der Waals surface area contributed by atoms with Gasteiger partial charge in [0.2, 0.25) is 0 Å². The number of esters is 2. The monoisotopic (exact) mass is 270 g/mol. The van der Waals surface area contributed by atoms with Gasteiger partial charge in [-0.15, -0.1) is 0 Å². The number of rotatable bonds is 5. The first-order valence-corrected chi connectivity index (χ1v) is 6.19. The van der Waals surface area contributed by atoms with Gasteiger partial charge in [-0.05, 0) is 17.7 Å². The van der Waals surface area contributed by atoms with Crippen LogP contribution in [-0.4, -0.2) is 11.9 Å². The van der Waals surface area contributed by atoms with Crippen LogP contribution in [0.4, 0.5) is 0 Å². The number of hydrogen-bond donors (Lipinski definition) is 0. The number of benzene rings is 2. The Morgan fingerprint density at radius 3 is 2.05 bits per heavy atom. The molecule has 102 valence electrons. The lowest BCUT2D eigenvalue weighted by Crippen LogP contribution is -2.16. The predicted molar refractivity (Wildman–Crippen MR) is 72.9 cm³/mol. The van der Waals surface area contributed by atoms with Crippen LogP contribution in [-0.2, 0) is 20.9 Å². The fraction of sp³-hybridized carbons (Fsp3) is 0.125. The van der Waals surface area contributed by atoms with Crippen molar-refractivity contribution in [3.63, 3.8) is 0 Å². The molecule has 20 heavy (non-hydrogen) atoms. The average Bonchev–Trinajstić information content (AvgIpc) is 2.47. The lowest BCUT2D eigenvalue weighted by molar-refractivity contribution is -0.151. The van der Waals surface area contributed by atoms with Crippen molar-refractivity contribution in [2.75, 3.05) is 0 Å². The summed E-state index contributed by atoms with van der Waals surface area (Å²) in [5, 5.41) is 0. The average molecular weight is 270 g/mol. The summed E-state index contributed by atoms with van der Waals surface area (Å²) in [6.45, 7) is 0.151. The zero-order chi connectivity index (χ0) is 14.2. The van der Waals surface area contributed by atoms with Gasteiger partial charge >= 0.3 is 11.9 Å². The maximum Gasteiger partial charge on any atom is 0.322 e. The topological polar surface area (TPSA) is 52.6 Å². The molecule has 0 unspecified atom stereocenters. The molecule has 0 aliphatic carbocycles. The summed E-state index contributed by atoms with van der Waals surface area (Å²) in [4.78, 5) is 23.0. The van der Waals surface area contributed by atoms with E-state index in [2.05, 4.69) is 0 Å². The van der Waals surface area contributed by atoms with Crippen molar-refractivity contribution >= 4 is 11.9 Å². The van der Waals surface area contributed by atoms with Crippen molar-refractivity contribution < 1.29 is 19.1 Å². The number of hydrogen-bond acceptors (Lipinski definition) is 4. The Bertz CT molecular complexity index is 564. The van der Waals surface area contributed by atoms with Crippen LogP contribution in [0.25, 0.3) is 0 Å². The van der Waals surface area contributed by atoms with E-state index in [1.165, 1.54) is 0 Å². The maximum atomic E-state index is 11.5. The van der Waals surface area contributed by atoms with Crippen molar-refractivity contribution in [1.82, 2.24) is 0 Å². The normalized spacial score (nSPS) is 9.80. The van der Waals surface area contributed by atoms with Gasteiger partial charge in [0.15, 0.2) is 0 Å². The first kappa shape index (κ1) is 13.8. The second kappa shape index (κ2) is 7.09. The zero-order valence-electron chi connectivity index (χ0n) is 10.8. The van der Waals surface area contributed by atoms with Crippen LogP contribution in [0.3, 0.4) is 0 Å². The van der Waals surface area contributed by atoms with E-state index >= 15 is 0 Å². The van der Waals surface area contributed by atoms with Crippen LogP contribution in [0, 0.1) is 0 Å². The largest absolute Gasteiger partial charge is 0.460 e. The third kappa shape index (κ3) is 4.57. The molecule has 0 aliphatic heterocycles. The van der Waals surface area contributed by atoms with Gasteiger partial charge in [0.25, 0.3) is 0 Å².